The summed E-state index contributed by atoms with van der Waals surface area (Å²) in [6.45, 7) is 8.88. The van der Waals surface area contributed by atoms with Crippen LogP contribution in [0.3, 0.4) is 0 Å². The van der Waals surface area contributed by atoms with E-state index >= 15 is 0 Å². The Balaban J connectivity index is 0.00000289. The molecular formula is C24H30ClN3O3S. The van der Waals surface area contributed by atoms with Gasteiger partial charge in [0.1, 0.15) is 13.2 Å². The number of hydrogen-bond acceptors (Lipinski definition) is 6. The SMILES string of the molecule is CN(C)CCN(C(=O)c1ccc(C(C)(C)C)cc1)c1nc2cc3c(cc2s1)OCCO3.Cl. The molecular weight excluding hydrogens is 446 g/mol. The number of aromatic nitrogens is 1. The van der Waals surface area contributed by atoms with Crippen LogP contribution < -0.4 is 14.4 Å². The Morgan fingerprint density at radius 1 is 1.03 bits per heavy atom. The number of likely N-dealkylation sites (N-methyl/N-ethyl adjacent to an activating group) is 1. The smallest absolute Gasteiger partial charge is 0.260 e. The summed E-state index contributed by atoms with van der Waals surface area (Å²) in [5.41, 5.74) is 2.73. The van der Waals surface area contributed by atoms with Crippen molar-refractivity contribution in [3.05, 3.63) is 47.5 Å². The molecule has 0 bridgehead atoms. The van der Waals surface area contributed by atoms with Crippen molar-refractivity contribution in [3.63, 3.8) is 0 Å². The van der Waals surface area contributed by atoms with Crippen LogP contribution in [-0.2, 0) is 5.41 Å². The molecule has 3 aromatic rings. The number of carbonyl (C=O) groups excluding carboxylic acids is 1. The standard InChI is InChI=1S/C24H29N3O3S.ClH/c1-24(2,3)17-8-6-16(7-9-17)22(28)27(11-10-26(4)5)23-25-18-14-19-20(15-21(18)31-23)30-13-12-29-19;/h6-9,14-15H,10-13H2,1-5H3;1H. The molecule has 1 aliphatic rings. The second-order valence-corrected chi connectivity index (χ2v) is 10.1. The highest BCUT2D eigenvalue weighted by molar-refractivity contribution is 7.22. The molecule has 0 saturated heterocycles. The Kier molecular flexibility index (Phi) is 7.32. The fourth-order valence-corrected chi connectivity index (χ4v) is 4.42. The summed E-state index contributed by atoms with van der Waals surface area (Å²) in [6.07, 6.45) is 0. The number of carbonyl (C=O) groups is 1. The molecule has 4 rings (SSSR count). The van der Waals surface area contributed by atoms with Crippen LogP contribution in [0.5, 0.6) is 11.5 Å². The van der Waals surface area contributed by atoms with Gasteiger partial charge in [0.05, 0.1) is 10.2 Å². The summed E-state index contributed by atoms with van der Waals surface area (Å²) in [4.78, 5) is 22.1. The van der Waals surface area contributed by atoms with Crippen LogP contribution in [0.2, 0.25) is 0 Å². The van der Waals surface area contributed by atoms with Crippen LogP contribution in [0.1, 0.15) is 36.7 Å². The number of halogens is 1. The zero-order chi connectivity index (χ0) is 22.2. The van der Waals surface area contributed by atoms with E-state index in [4.69, 9.17) is 14.5 Å². The highest BCUT2D eigenvalue weighted by Crippen LogP contribution is 2.39. The van der Waals surface area contributed by atoms with E-state index in [2.05, 4.69) is 25.7 Å². The molecule has 172 valence electrons. The number of ether oxygens (including phenoxy) is 2. The summed E-state index contributed by atoms with van der Waals surface area (Å²) in [5, 5.41) is 0.684. The maximum absolute atomic E-state index is 13.5. The molecule has 1 amide bonds. The summed E-state index contributed by atoms with van der Waals surface area (Å²) >= 11 is 1.50. The van der Waals surface area contributed by atoms with Crippen LogP contribution >= 0.6 is 23.7 Å². The van der Waals surface area contributed by atoms with Gasteiger partial charge in [-0.25, -0.2) is 4.98 Å². The van der Waals surface area contributed by atoms with E-state index in [0.717, 1.165) is 22.5 Å². The first-order valence-corrected chi connectivity index (χ1v) is 11.3. The van der Waals surface area contributed by atoms with E-state index in [1.54, 1.807) is 4.90 Å². The average molecular weight is 476 g/mol. The van der Waals surface area contributed by atoms with Gasteiger partial charge in [0.25, 0.3) is 5.91 Å². The maximum atomic E-state index is 13.5. The van der Waals surface area contributed by atoms with E-state index in [-0.39, 0.29) is 23.7 Å². The first kappa shape index (κ1) is 24.3. The van der Waals surface area contributed by atoms with Crippen molar-refractivity contribution >= 4 is 45.0 Å². The number of rotatable bonds is 5. The topological polar surface area (TPSA) is 54.9 Å². The molecule has 2 aromatic carbocycles. The van der Waals surface area contributed by atoms with Gasteiger partial charge in [0.15, 0.2) is 16.6 Å². The van der Waals surface area contributed by atoms with Crippen molar-refractivity contribution in [3.8, 4) is 11.5 Å². The summed E-state index contributed by atoms with van der Waals surface area (Å²) < 4.78 is 12.4. The fraction of sp³-hybridized carbons (Fsp3) is 0.417. The van der Waals surface area contributed by atoms with Crippen LogP contribution in [-0.4, -0.2) is 56.2 Å². The maximum Gasteiger partial charge on any atom is 0.260 e. The molecule has 0 radical (unpaired) electrons. The average Bonchev–Trinajstić information content (AvgIpc) is 3.13. The van der Waals surface area contributed by atoms with Gasteiger partial charge in [-0.05, 0) is 37.2 Å². The van der Waals surface area contributed by atoms with Crippen LogP contribution in [0, 0.1) is 0 Å². The second-order valence-electron chi connectivity index (χ2n) is 9.05. The Morgan fingerprint density at radius 2 is 1.66 bits per heavy atom. The Morgan fingerprint density at radius 3 is 2.25 bits per heavy atom. The van der Waals surface area contributed by atoms with Gasteiger partial charge in [-0.15, -0.1) is 12.4 Å². The number of hydrogen-bond donors (Lipinski definition) is 0. The van der Waals surface area contributed by atoms with E-state index < -0.39 is 0 Å². The van der Waals surface area contributed by atoms with Gasteiger partial charge < -0.3 is 14.4 Å². The van der Waals surface area contributed by atoms with Gasteiger partial charge in [-0.1, -0.05) is 44.2 Å². The molecule has 0 N–H and O–H groups in total. The Hall–Kier alpha value is -2.35. The third-order valence-electron chi connectivity index (χ3n) is 5.29. The van der Waals surface area contributed by atoms with Gasteiger partial charge in [0.2, 0.25) is 0 Å². The number of amides is 1. The monoisotopic (exact) mass is 475 g/mol. The number of fused-ring (bicyclic) bond motifs is 2. The minimum atomic E-state index is -0.0429. The summed E-state index contributed by atoms with van der Waals surface area (Å²) in [6, 6.07) is 11.8. The lowest BCUT2D eigenvalue weighted by Gasteiger charge is -2.23. The van der Waals surface area contributed by atoms with Crippen molar-refractivity contribution in [1.29, 1.82) is 0 Å². The van der Waals surface area contributed by atoms with Gasteiger partial charge in [-0.3, -0.25) is 9.69 Å². The highest BCUT2D eigenvalue weighted by atomic mass is 35.5. The third-order valence-corrected chi connectivity index (χ3v) is 6.33. The van der Waals surface area contributed by atoms with Crippen LogP contribution in [0.15, 0.2) is 36.4 Å². The molecule has 32 heavy (non-hydrogen) atoms. The van der Waals surface area contributed by atoms with E-state index in [1.165, 1.54) is 16.9 Å². The van der Waals surface area contributed by atoms with Gasteiger partial charge in [0, 0.05) is 30.8 Å². The minimum absolute atomic E-state index is 0. The number of benzene rings is 2. The zero-order valence-corrected chi connectivity index (χ0v) is 20.8. The molecule has 0 unspecified atom stereocenters. The van der Waals surface area contributed by atoms with Crippen molar-refractivity contribution in [2.24, 2.45) is 0 Å². The van der Waals surface area contributed by atoms with Crippen molar-refractivity contribution in [1.82, 2.24) is 9.88 Å². The summed E-state index contributed by atoms with van der Waals surface area (Å²) in [7, 11) is 4.00. The highest BCUT2D eigenvalue weighted by Gasteiger charge is 2.24. The largest absolute Gasteiger partial charge is 0.486 e. The summed E-state index contributed by atoms with van der Waals surface area (Å²) in [5.74, 6) is 1.40. The van der Waals surface area contributed by atoms with Crippen LogP contribution in [0.4, 0.5) is 5.13 Å². The van der Waals surface area contributed by atoms with E-state index in [1.807, 2.05) is 50.5 Å². The molecule has 6 nitrogen and oxygen atoms in total. The molecule has 8 heteroatoms. The minimum Gasteiger partial charge on any atom is -0.486 e. The number of thiazole rings is 1. The third kappa shape index (κ3) is 5.17. The Bertz CT molecular complexity index is 1050. The van der Waals surface area contributed by atoms with Gasteiger partial charge >= 0.3 is 0 Å². The molecule has 0 fully saturated rings. The number of anilines is 1. The normalized spacial score (nSPS) is 13.2. The predicted molar refractivity (Wildman–Crippen MR) is 133 cm³/mol. The molecule has 1 aromatic heterocycles. The lowest BCUT2D eigenvalue weighted by Crippen LogP contribution is -2.36. The lowest BCUT2D eigenvalue weighted by atomic mass is 9.86. The second kappa shape index (κ2) is 9.65. The first-order chi connectivity index (χ1) is 14.7. The quantitative estimate of drug-likeness (QED) is 0.520. The van der Waals surface area contributed by atoms with Gasteiger partial charge in [-0.2, -0.15) is 0 Å². The molecule has 0 aliphatic carbocycles. The molecule has 2 heterocycles. The zero-order valence-electron chi connectivity index (χ0n) is 19.2. The molecule has 1 aliphatic heterocycles. The molecule has 0 atom stereocenters. The molecule has 0 spiro atoms. The number of nitrogens with zero attached hydrogens (tertiary/aromatic N) is 3. The van der Waals surface area contributed by atoms with E-state index in [0.29, 0.717) is 36.2 Å². The predicted octanol–water partition coefficient (Wildman–Crippen LogP) is 5.00. The fourth-order valence-electron chi connectivity index (χ4n) is 3.42. The van der Waals surface area contributed by atoms with Crippen molar-refractivity contribution in [2.45, 2.75) is 26.2 Å². The van der Waals surface area contributed by atoms with E-state index in [9.17, 15) is 4.79 Å². The first-order valence-electron chi connectivity index (χ1n) is 10.5. The van der Waals surface area contributed by atoms with Crippen LogP contribution in [0.25, 0.3) is 10.2 Å². The lowest BCUT2D eigenvalue weighted by molar-refractivity contribution is 0.0985. The Labute approximate surface area is 199 Å². The molecule has 0 saturated carbocycles. The van der Waals surface area contributed by atoms with Crippen molar-refractivity contribution < 1.29 is 14.3 Å². The van der Waals surface area contributed by atoms with Crippen molar-refractivity contribution in [2.75, 3.05) is 45.3 Å².